The van der Waals surface area contributed by atoms with Gasteiger partial charge < -0.3 is 4.74 Å². The zero-order valence-electron chi connectivity index (χ0n) is 24.3. The molecule has 7 aromatic rings. The fourth-order valence-electron chi connectivity index (χ4n) is 6.79. The molecule has 45 heavy (non-hydrogen) atoms. The zero-order valence-corrected chi connectivity index (χ0v) is 24.3. The van der Waals surface area contributed by atoms with E-state index in [0.717, 1.165) is 33.2 Å². The van der Waals surface area contributed by atoms with Gasteiger partial charge in [-0.1, -0.05) is 133 Å². The molecule has 1 aromatic heterocycles. The number of hydrogen-bond acceptors (Lipinski definition) is 4. The molecule has 2 unspecified atom stereocenters. The first-order valence-electron chi connectivity index (χ1n) is 15.3. The Morgan fingerprint density at radius 1 is 0.511 bits per heavy atom. The first kappa shape index (κ1) is 25.6. The molecule has 2 heterocycles. The van der Waals surface area contributed by atoms with Gasteiger partial charge in [-0.25, -0.2) is 15.0 Å². The molecule has 0 saturated carbocycles. The third-order valence-electron chi connectivity index (χ3n) is 8.90. The van der Waals surface area contributed by atoms with Crippen molar-refractivity contribution in [1.29, 1.82) is 0 Å². The normalized spacial score (nSPS) is 16.7. The Hall–Kier alpha value is -5.87. The van der Waals surface area contributed by atoms with Crippen LogP contribution in [0.3, 0.4) is 0 Å². The maximum atomic E-state index is 6.60. The van der Waals surface area contributed by atoms with Crippen molar-refractivity contribution in [3.05, 3.63) is 163 Å². The number of hydrogen-bond donors (Lipinski definition) is 0. The van der Waals surface area contributed by atoms with Gasteiger partial charge in [0, 0.05) is 22.3 Å². The molecule has 2 aliphatic rings. The highest BCUT2D eigenvalue weighted by Crippen LogP contribution is 2.51. The van der Waals surface area contributed by atoms with Crippen LogP contribution in [-0.2, 0) is 0 Å². The minimum Gasteiger partial charge on any atom is -0.485 e. The van der Waals surface area contributed by atoms with E-state index >= 15 is 0 Å². The Morgan fingerprint density at radius 3 is 2.13 bits per heavy atom. The number of allylic oxidation sites excluding steroid dienone is 2. The second kappa shape index (κ2) is 10.4. The first-order valence-corrected chi connectivity index (χ1v) is 15.3. The van der Waals surface area contributed by atoms with Gasteiger partial charge in [0.25, 0.3) is 0 Å². The van der Waals surface area contributed by atoms with Gasteiger partial charge >= 0.3 is 0 Å². The van der Waals surface area contributed by atoms with E-state index in [1.54, 1.807) is 0 Å². The molecule has 0 fully saturated rings. The monoisotopic (exact) mass is 577 g/mol. The quantitative estimate of drug-likeness (QED) is 0.209. The summed E-state index contributed by atoms with van der Waals surface area (Å²) in [5.41, 5.74) is 6.46. The molecule has 4 nitrogen and oxygen atoms in total. The van der Waals surface area contributed by atoms with Crippen LogP contribution in [0.25, 0.3) is 61.0 Å². The van der Waals surface area contributed by atoms with Crippen LogP contribution in [0.1, 0.15) is 17.3 Å². The van der Waals surface area contributed by atoms with Crippen LogP contribution in [0.15, 0.2) is 152 Å². The predicted molar refractivity (Wildman–Crippen MR) is 182 cm³/mol. The topological polar surface area (TPSA) is 47.9 Å². The number of rotatable bonds is 4. The second-order valence-electron chi connectivity index (χ2n) is 11.5. The fourth-order valence-corrected chi connectivity index (χ4v) is 6.79. The summed E-state index contributed by atoms with van der Waals surface area (Å²) >= 11 is 0. The lowest BCUT2D eigenvalue weighted by molar-refractivity contribution is 0.271. The molecule has 212 valence electrons. The van der Waals surface area contributed by atoms with Gasteiger partial charge in [0.1, 0.15) is 11.9 Å². The summed E-state index contributed by atoms with van der Waals surface area (Å²) < 4.78 is 6.60. The predicted octanol–water partition coefficient (Wildman–Crippen LogP) is 9.68. The molecule has 0 radical (unpaired) electrons. The van der Waals surface area contributed by atoms with Crippen LogP contribution < -0.4 is 4.74 Å². The van der Waals surface area contributed by atoms with Crippen molar-refractivity contribution in [1.82, 2.24) is 15.0 Å². The van der Waals surface area contributed by atoms with Crippen molar-refractivity contribution < 1.29 is 4.74 Å². The van der Waals surface area contributed by atoms with Gasteiger partial charge in [0.15, 0.2) is 17.5 Å². The molecule has 0 saturated heterocycles. The molecule has 1 aliphatic carbocycles. The van der Waals surface area contributed by atoms with Crippen LogP contribution in [0.2, 0.25) is 0 Å². The van der Waals surface area contributed by atoms with Gasteiger partial charge in [-0.3, -0.25) is 0 Å². The maximum absolute atomic E-state index is 6.60. The fraction of sp³-hybridized carbons (Fsp3) is 0.0488. The number of nitrogens with zero attached hydrogens (tertiary/aromatic N) is 3. The van der Waals surface area contributed by atoms with Crippen molar-refractivity contribution in [2.75, 3.05) is 0 Å². The molecule has 4 heteroatoms. The minimum absolute atomic E-state index is 0.0703. The molecule has 0 bridgehead atoms. The first-order chi connectivity index (χ1) is 22.3. The molecule has 0 N–H and O–H groups in total. The molecular weight excluding hydrogens is 550 g/mol. The van der Waals surface area contributed by atoms with Crippen molar-refractivity contribution in [2.24, 2.45) is 0 Å². The van der Waals surface area contributed by atoms with Crippen LogP contribution in [0.4, 0.5) is 0 Å². The van der Waals surface area contributed by atoms with E-state index in [0.29, 0.717) is 17.5 Å². The Balaban J connectivity index is 1.24. The molecular formula is C41H27N3O. The molecule has 1 aliphatic heterocycles. The largest absolute Gasteiger partial charge is 0.485 e. The Bertz CT molecular complexity index is 2320. The number of benzene rings is 6. The molecule has 0 spiro atoms. The maximum Gasteiger partial charge on any atom is 0.164 e. The Kier molecular flexibility index (Phi) is 5.91. The van der Waals surface area contributed by atoms with E-state index < -0.39 is 0 Å². The van der Waals surface area contributed by atoms with Crippen LogP contribution in [0.5, 0.6) is 5.75 Å². The van der Waals surface area contributed by atoms with Crippen LogP contribution >= 0.6 is 0 Å². The van der Waals surface area contributed by atoms with Crippen molar-refractivity contribution in [2.45, 2.75) is 12.0 Å². The molecule has 2 atom stereocenters. The highest BCUT2D eigenvalue weighted by atomic mass is 16.5. The molecule has 9 rings (SSSR count). The van der Waals surface area contributed by atoms with Gasteiger partial charge in [-0.05, 0) is 50.9 Å². The van der Waals surface area contributed by atoms with Gasteiger partial charge in [-0.2, -0.15) is 0 Å². The smallest absolute Gasteiger partial charge is 0.164 e. The van der Waals surface area contributed by atoms with Gasteiger partial charge in [0.05, 0.1) is 5.92 Å². The minimum atomic E-state index is -0.153. The molecule has 0 amide bonds. The SMILES string of the molecule is C1=CC2Oc3cccc(-c4ccc5ccccc5c4)c3C2C(c2nc(-c3ccccc3)nc(-c3cccc4ccccc34)n2)=C1. The zero-order chi connectivity index (χ0) is 29.7. The average molecular weight is 578 g/mol. The van der Waals surface area contributed by atoms with E-state index in [9.17, 15) is 0 Å². The average Bonchev–Trinajstić information content (AvgIpc) is 3.51. The Labute approximate surface area is 261 Å². The lowest BCUT2D eigenvalue weighted by atomic mass is 9.80. The summed E-state index contributed by atoms with van der Waals surface area (Å²) in [6.45, 7) is 0. The number of aromatic nitrogens is 3. The molecule has 6 aromatic carbocycles. The standard InChI is InChI=1S/C41H27N3O/c1-2-13-28(14-3-1)39-42-40(33-19-8-16-27-12-6-7-17-31(27)33)44-41(43-39)34-20-10-22-36-38(34)37-32(18-9-21-35(37)45-36)30-24-23-26-11-4-5-15-29(26)25-30/h1-25,36,38H. The van der Waals surface area contributed by atoms with E-state index in [2.05, 4.69) is 133 Å². The van der Waals surface area contributed by atoms with Crippen molar-refractivity contribution >= 4 is 27.1 Å². The van der Waals surface area contributed by atoms with Crippen molar-refractivity contribution in [3.63, 3.8) is 0 Å². The summed E-state index contributed by atoms with van der Waals surface area (Å²) in [6.07, 6.45) is 6.21. The second-order valence-corrected chi connectivity index (χ2v) is 11.5. The van der Waals surface area contributed by atoms with Gasteiger partial charge in [0.2, 0.25) is 0 Å². The summed E-state index contributed by atoms with van der Waals surface area (Å²) in [5.74, 6) is 2.80. The van der Waals surface area contributed by atoms with Crippen LogP contribution in [-0.4, -0.2) is 21.1 Å². The highest BCUT2D eigenvalue weighted by molar-refractivity contribution is 5.95. The third kappa shape index (κ3) is 4.34. The lowest BCUT2D eigenvalue weighted by Crippen LogP contribution is -2.21. The van der Waals surface area contributed by atoms with Crippen LogP contribution in [0, 0.1) is 0 Å². The highest BCUT2D eigenvalue weighted by Gasteiger charge is 2.40. The number of ether oxygens (including phenoxy) is 1. The Morgan fingerprint density at radius 2 is 1.22 bits per heavy atom. The van der Waals surface area contributed by atoms with Gasteiger partial charge in [-0.15, -0.1) is 0 Å². The third-order valence-corrected chi connectivity index (χ3v) is 8.90. The van der Waals surface area contributed by atoms with Crippen molar-refractivity contribution in [3.8, 4) is 39.7 Å². The summed E-state index contributed by atoms with van der Waals surface area (Å²) in [4.78, 5) is 15.4. The lowest BCUT2D eigenvalue weighted by Gasteiger charge is -2.23. The van der Waals surface area contributed by atoms with E-state index in [1.807, 2.05) is 18.2 Å². The van der Waals surface area contributed by atoms with E-state index in [-0.39, 0.29) is 12.0 Å². The van der Waals surface area contributed by atoms with E-state index in [1.165, 1.54) is 27.5 Å². The summed E-state index contributed by atoms with van der Waals surface area (Å²) in [7, 11) is 0. The van der Waals surface area contributed by atoms with E-state index in [4.69, 9.17) is 19.7 Å². The summed E-state index contributed by atoms with van der Waals surface area (Å²) in [6, 6.07) is 46.4. The summed E-state index contributed by atoms with van der Waals surface area (Å²) in [5, 5.41) is 4.70. The number of fused-ring (bicyclic) bond motifs is 5.